The predicted molar refractivity (Wildman–Crippen MR) is 114 cm³/mol. The number of ether oxygens (including phenoxy) is 2. The van der Waals surface area contributed by atoms with Gasteiger partial charge in [-0.05, 0) is 45.3 Å². The summed E-state index contributed by atoms with van der Waals surface area (Å²) in [5, 5.41) is 0.520. The van der Waals surface area contributed by atoms with Gasteiger partial charge in [0.2, 0.25) is 0 Å². The third-order valence-corrected chi connectivity index (χ3v) is 5.17. The van der Waals surface area contributed by atoms with E-state index in [1.165, 1.54) is 11.6 Å². The Hall–Kier alpha value is -3.00. The van der Waals surface area contributed by atoms with Crippen LogP contribution in [-0.2, 0) is 20.6 Å². The molecule has 0 radical (unpaired) electrons. The van der Waals surface area contributed by atoms with Gasteiger partial charge in [-0.3, -0.25) is 13.9 Å². The highest BCUT2D eigenvalue weighted by Gasteiger charge is 2.20. The van der Waals surface area contributed by atoms with Crippen LogP contribution in [0.4, 0.5) is 0 Å². The minimum absolute atomic E-state index is 0.306. The number of hydrogen-bond acceptors (Lipinski definition) is 5. The summed E-state index contributed by atoms with van der Waals surface area (Å²) in [6.07, 6.45) is 2.79. The van der Waals surface area contributed by atoms with Crippen molar-refractivity contribution in [1.82, 2.24) is 18.6 Å². The van der Waals surface area contributed by atoms with Gasteiger partial charge in [-0.25, -0.2) is 4.79 Å². The van der Waals surface area contributed by atoms with Crippen molar-refractivity contribution in [3.63, 3.8) is 0 Å². The average molecular weight is 400 g/mol. The van der Waals surface area contributed by atoms with Crippen LogP contribution in [0.1, 0.15) is 6.42 Å². The molecule has 0 amide bonds. The molecule has 0 bridgehead atoms. The number of aryl methyl sites for hydroxylation is 2. The molecule has 2 heterocycles. The van der Waals surface area contributed by atoms with Crippen molar-refractivity contribution in [2.24, 2.45) is 14.1 Å². The number of benzene rings is 1. The molecule has 8 heteroatoms. The molecule has 0 atom stereocenters. The fourth-order valence-corrected chi connectivity index (χ4v) is 3.62. The van der Waals surface area contributed by atoms with Crippen molar-refractivity contribution >= 4 is 10.9 Å². The van der Waals surface area contributed by atoms with Gasteiger partial charge in [-0.15, -0.1) is 0 Å². The Morgan fingerprint density at radius 2 is 1.69 bits per heavy atom. The third kappa shape index (κ3) is 3.67. The smallest absolute Gasteiger partial charge is 0.330 e. The van der Waals surface area contributed by atoms with E-state index in [0.29, 0.717) is 28.9 Å². The molecule has 2 aromatic heterocycles. The van der Waals surface area contributed by atoms with Crippen molar-refractivity contribution in [1.29, 1.82) is 0 Å². The number of aromatic nitrogens is 3. The van der Waals surface area contributed by atoms with E-state index < -0.39 is 0 Å². The molecule has 0 spiro atoms. The van der Waals surface area contributed by atoms with E-state index in [2.05, 4.69) is 9.47 Å². The first-order chi connectivity index (χ1) is 13.8. The summed E-state index contributed by atoms with van der Waals surface area (Å²) in [4.78, 5) is 27.6. The Bertz CT molecular complexity index is 1150. The Balaban J connectivity index is 2.30. The minimum atomic E-state index is -0.341. The third-order valence-electron chi connectivity index (χ3n) is 5.17. The van der Waals surface area contributed by atoms with Crippen LogP contribution < -0.4 is 20.7 Å². The number of fused-ring (bicyclic) bond motifs is 1. The van der Waals surface area contributed by atoms with Crippen LogP contribution in [0.5, 0.6) is 11.5 Å². The van der Waals surface area contributed by atoms with E-state index in [4.69, 9.17) is 9.47 Å². The molecule has 8 nitrogen and oxygen atoms in total. The topological polar surface area (TPSA) is 70.6 Å². The fraction of sp³-hybridized carbons (Fsp3) is 0.429. The SMILES string of the molecule is COc1ccc(-c2c3c(=O)n(C)c(=O)n(C)c3cn2CCCN(C)C)cc1OC. The van der Waals surface area contributed by atoms with Crippen molar-refractivity contribution in [2.75, 3.05) is 34.9 Å². The highest BCUT2D eigenvalue weighted by atomic mass is 16.5. The largest absolute Gasteiger partial charge is 0.493 e. The van der Waals surface area contributed by atoms with Crippen molar-refractivity contribution < 1.29 is 9.47 Å². The van der Waals surface area contributed by atoms with Crippen LogP contribution in [0.2, 0.25) is 0 Å². The highest BCUT2D eigenvalue weighted by Crippen LogP contribution is 2.35. The van der Waals surface area contributed by atoms with E-state index in [-0.39, 0.29) is 11.2 Å². The maximum atomic E-state index is 13.0. The summed E-state index contributed by atoms with van der Waals surface area (Å²) in [7, 11) is 10.4. The molecule has 0 saturated heterocycles. The molecule has 3 rings (SSSR count). The van der Waals surface area contributed by atoms with Gasteiger partial charge in [0, 0.05) is 32.4 Å². The zero-order chi connectivity index (χ0) is 21.3. The number of methoxy groups -OCH3 is 2. The first kappa shape index (κ1) is 20.7. The lowest BCUT2D eigenvalue weighted by Gasteiger charge is -2.14. The van der Waals surface area contributed by atoms with E-state index in [1.54, 1.807) is 21.3 Å². The van der Waals surface area contributed by atoms with Crippen molar-refractivity contribution in [3.8, 4) is 22.8 Å². The molecule has 156 valence electrons. The van der Waals surface area contributed by atoms with Gasteiger partial charge < -0.3 is 18.9 Å². The standard InChI is InChI=1S/C21H28N4O4/c1-22(2)10-7-11-25-13-15-18(20(26)24(4)21(27)23(15)3)19(25)14-8-9-16(28-5)17(12-14)29-6/h8-9,12-13H,7,10-11H2,1-6H3. The quantitative estimate of drug-likeness (QED) is 0.603. The fourth-order valence-electron chi connectivity index (χ4n) is 3.62. The van der Waals surface area contributed by atoms with Crippen molar-refractivity contribution in [2.45, 2.75) is 13.0 Å². The van der Waals surface area contributed by atoms with Crippen LogP contribution in [0, 0.1) is 0 Å². The Morgan fingerprint density at radius 3 is 2.31 bits per heavy atom. The van der Waals surface area contributed by atoms with Crippen LogP contribution in [0.25, 0.3) is 22.2 Å². The van der Waals surface area contributed by atoms with Gasteiger partial charge in [-0.2, -0.15) is 0 Å². The lowest BCUT2D eigenvalue weighted by Crippen LogP contribution is -2.36. The first-order valence-electron chi connectivity index (χ1n) is 9.46. The lowest BCUT2D eigenvalue weighted by atomic mass is 10.1. The van der Waals surface area contributed by atoms with E-state index in [0.717, 1.165) is 28.8 Å². The summed E-state index contributed by atoms with van der Waals surface area (Å²) in [6.45, 7) is 1.63. The molecular weight excluding hydrogens is 372 g/mol. The van der Waals surface area contributed by atoms with Gasteiger partial charge in [0.25, 0.3) is 5.56 Å². The molecule has 3 aromatic rings. The highest BCUT2D eigenvalue weighted by molar-refractivity contribution is 5.94. The number of hydrogen-bond donors (Lipinski definition) is 0. The number of rotatable bonds is 7. The zero-order valence-electron chi connectivity index (χ0n) is 17.9. The second-order valence-electron chi connectivity index (χ2n) is 7.36. The Morgan fingerprint density at radius 1 is 1.00 bits per heavy atom. The average Bonchev–Trinajstić information content (AvgIpc) is 3.09. The molecule has 1 aromatic carbocycles. The summed E-state index contributed by atoms with van der Waals surface area (Å²) in [5.74, 6) is 1.20. The molecule has 0 aliphatic rings. The molecule has 0 unspecified atom stereocenters. The first-order valence-corrected chi connectivity index (χ1v) is 9.46. The predicted octanol–water partition coefficient (Wildman–Crippen LogP) is 1.67. The van der Waals surface area contributed by atoms with Crippen molar-refractivity contribution in [3.05, 3.63) is 45.2 Å². The molecule has 0 fully saturated rings. The zero-order valence-corrected chi connectivity index (χ0v) is 17.9. The maximum Gasteiger partial charge on any atom is 0.330 e. The second-order valence-corrected chi connectivity index (χ2v) is 7.36. The van der Waals surface area contributed by atoms with Gasteiger partial charge in [0.15, 0.2) is 11.5 Å². The monoisotopic (exact) mass is 400 g/mol. The van der Waals surface area contributed by atoms with Gasteiger partial charge >= 0.3 is 5.69 Å². The summed E-state index contributed by atoms with van der Waals surface area (Å²) in [5.41, 5.74) is 1.58. The molecule has 0 saturated carbocycles. The summed E-state index contributed by atoms with van der Waals surface area (Å²) in [6, 6.07) is 5.59. The van der Waals surface area contributed by atoms with E-state index in [1.807, 2.05) is 38.5 Å². The Labute approximate surface area is 169 Å². The van der Waals surface area contributed by atoms with E-state index >= 15 is 0 Å². The van der Waals surface area contributed by atoms with Crippen LogP contribution in [0.3, 0.4) is 0 Å². The van der Waals surface area contributed by atoms with Crippen LogP contribution in [-0.4, -0.2) is 53.5 Å². The van der Waals surface area contributed by atoms with Crippen LogP contribution in [0.15, 0.2) is 34.0 Å². The van der Waals surface area contributed by atoms with E-state index in [9.17, 15) is 9.59 Å². The lowest BCUT2D eigenvalue weighted by molar-refractivity contribution is 0.355. The summed E-state index contributed by atoms with van der Waals surface area (Å²) >= 11 is 0. The van der Waals surface area contributed by atoms with Gasteiger partial charge in [-0.1, -0.05) is 0 Å². The Kier molecular flexibility index (Phi) is 5.83. The van der Waals surface area contributed by atoms with Gasteiger partial charge in [0.05, 0.1) is 30.8 Å². The van der Waals surface area contributed by atoms with Gasteiger partial charge in [0.1, 0.15) is 0 Å². The van der Waals surface area contributed by atoms with Crippen LogP contribution >= 0.6 is 0 Å². The number of nitrogens with zero attached hydrogens (tertiary/aromatic N) is 4. The summed E-state index contributed by atoms with van der Waals surface area (Å²) < 4.78 is 15.5. The molecular formula is C21H28N4O4. The molecule has 0 aliphatic heterocycles. The maximum absolute atomic E-state index is 13.0. The normalized spacial score (nSPS) is 11.4. The second kappa shape index (κ2) is 8.16. The molecule has 0 aliphatic carbocycles. The molecule has 29 heavy (non-hydrogen) atoms. The molecule has 0 N–H and O–H groups in total. The minimum Gasteiger partial charge on any atom is -0.493 e.